The number of methoxy groups -OCH3 is 2. The SMILES string of the molecule is COc1c(C)c2c(c(OC)c1C/C=C(\C)CCC(=O)N1CCC(C(N)=O)CC1)C(=O)OC2. The van der Waals surface area contributed by atoms with Crippen molar-refractivity contribution in [1.82, 2.24) is 4.90 Å². The molecule has 1 aromatic carbocycles. The molecule has 3 rings (SSSR count). The average molecular weight is 445 g/mol. The quantitative estimate of drug-likeness (QED) is 0.488. The van der Waals surface area contributed by atoms with Crippen molar-refractivity contribution < 1.29 is 28.6 Å². The second-order valence-electron chi connectivity index (χ2n) is 8.41. The normalized spacial score (nSPS) is 16.6. The molecule has 8 nitrogen and oxygen atoms in total. The topological polar surface area (TPSA) is 108 Å². The van der Waals surface area contributed by atoms with Crippen molar-refractivity contribution >= 4 is 17.8 Å². The number of benzene rings is 1. The van der Waals surface area contributed by atoms with Crippen molar-refractivity contribution in [2.24, 2.45) is 11.7 Å². The Bertz CT molecular complexity index is 945. The van der Waals surface area contributed by atoms with Crippen LogP contribution >= 0.6 is 0 Å². The molecule has 0 aliphatic carbocycles. The van der Waals surface area contributed by atoms with Crippen LogP contribution < -0.4 is 15.2 Å². The van der Waals surface area contributed by atoms with Gasteiger partial charge in [0, 0.05) is 36.6 Å². The second kappa shape index (κ2) is 10.1. The third kappa shape index (κ3) is 4.74. The summed E-state index contributed by atoms with van der Waals surface area (Å²) < 4.78 is 16.4. The number of amides is 2. The predicted octanol–water partition coefficient (Wildman–Crippen LogP) is 2.68. The number of fused-ring (bicyclic) bond motifs is 1. The van der Waals surface area contributed by atoms with Gasteiger partial charge >= 0.3 is 5.97 Å². The molecule has 0 radical (unpaired) electrons. The Morgan fingerprint density at radius 1 is 1.16 bits per heavy atom. The van der Waals surface area contributed by atoms with Gasteiger partial charge in [0.05, 0.1) is 14.2 Å². The molecule has 2 aliphatic rings. The van der Waals surface area contributed by atoms with Gasteiger partial charge in [-0.25, -0.2) is 4.79 Å². The molecule has 0 atom stereocenters. The van der Waals surface area contributed by atoms with Gasteiger partial charge in [-0.15, -0.1) is 0 Å². The van der Waals surface area contributed by atoms with Crippen LogP contribution in [0.15, 0.2) is 11.6 Å². The smallest absolute Gasteiger partial charge is 0.342 e. The number of carbonyl (C=O) groups is 3. The van der Waals surface area contributed by atoms with Crippen LogP contribution in [0.3, 0.4) is 0 Å². The molecule has 0 bridgehead atoms. The standard InChI is InChI=1S/C24H32N2O6/c1-14(6-8-19(27)26-11-9-16(10-12-26)23(25)28)5-7-17-21(30-3)15(2)18-13-32-24(29)20(18)22(17)31-4/h5,16H,6-13H2,1-4H3,(H2,25,28)/b14-5+. The van der Waals surface area contributed by atoms with Crippen molar-refractivity contribution in [2.75, 3.05) is 27.3 Å². The van der Waals surface area contributed by atoms with E-state index < -0.39 is 0 Å². The number of ether oxygens (including phenoxy) is 3. The molecule has 2 aliphatic heterocycles. The van der Waals surface area contributed by atoms with E-state index in [1.54, 1.807) is 7.11 Å². The van der Waals surface area contributed by atoms with Crippen LogP contribution in [-0.4, -0.2) is 50.0 Å². The predicted molar refractivity (Wildman–Crippen MR) is 119 cm³/mol. The first-order valence-corrected chi connectivity index (χ1v) is 10.9. The fourth-order valence-corrected chi connectivity index (χ4v) is 4.49. The van der Waals surface area contributed by atoms with Crippen molar-refractivity contribution in [2.45, 2.75) is 52.6 Å². The molecule has 2 heterocycles. The van der Waals surface area contributed by atoms with E-state index in [9.17, 15) is 14.4 Å². The molecule has 8 heteroatoms. The van der Waals surface area contributed by atoms with Crippen LogP contribution in [0.25, 0.3) is 0 Å². The number of hydrogen-bond acceptors (Lipinski definition) is 6. The van der Waals surface area contributed by atoms with Crippen LogP contribution in [0.5, 0.6) is 11.5 Å². The fraction of sp³-hybridized carbons (Fsp3) is 0.542. The Balaban J connectivity index is 1.67. The van der Waals surface area contributed by atoms with Gasteiger partial charge in [-0.1, -0.05) is 11.6 Å². The first-order valence-electron chi connectivity index (χ1n) is 10.9. The molecule has 1 fully saturated rings. The number of likely N-dealkylation sites (tertiary alicyclic amines) is 1. The molecule has 0 spiro atoms. The molecule has 32 heavy (non-hydrogen) atoms. The van der Waals surface area contributed by atoms with E-state index in [0.717, 1.165) is 22.3 Å². The highest BCUT2D eigenvalue weighted by Crippen LogP contribution is 2.42. The summed E-state index contributed by atoms with van der Waals surface area (Å²) in [6.07, 6.45) is 4.86. The van der Waals surface area contributed by atoms with Gasteiger partial charge in [0.2, 0.25) is 11.8 Å². The third-order valence-corrected chi connectivity index (χ3v) is 6.47. The molecule has 0 aromatic heterocycles. The van der Waals surface area contributed by atoms with E-state index in [1.165, 1.54) is 7.11 Å². The number of nitrogens with zero attached hydrogens (tertiary/aromatic N) is 1. The number of esters is 1. The Hall–Kier alpha value is -3.03. The summed E-state index contributed by atoms with van der Waals surface area (Å²) in [5, 5.41) is 0. The second-order valence-corrected chi connectivity index (χ2v) is 8.41. The van der Waals surface area contributed by atoms with Crippen LogP contribution in [-0.2, 0) is 27.4 Å². The Morgan fingerprint density at radius 3 is 2.41 bits per heavy atom. The highest BCUT2D eigenvalue weighted by Gasteiger charge is 2.32. The van der Waals surface area contributed by atoms with E-state index in [2.05, 4.69) is 0 Å². The lowest BCUT2D eigenvalue weighted by Crippen LogP contribution is -2.41. The molecule has 0 saturated carbocycles. The fourth-order valence-electron chi connectivity index (χ4n) is 4.49. The number of rotatable bonds is 8. The van der Waals surface area contributed by atoms with Gasteiger partial charge in [0.15, 0.2) is 0 Å². The summed E-state index contributed by atoms with van der Waals surface area (Å²) >= 11 is 0. The Morgan fingerprint density at radius 2 is 1.81 bits per heavy atom. The lowest BCUT2D eigenvalue weighted by molar-refractivity contribution is -0.134. The summed E-state index contributed by atoms with van der Waals surface area (Å²) in [6, 6.07) is 0. The minimum absolute atomic E-state index is 0.0898. The van der Waals surface area contributed by atoms with Crippen molar-refractivity contribution in [3.05, 3.63) is 33.9 Å². The maximum atomic E-state index is 12.6. The van der Waals surface area contributed by atoms with E-state index in [1.807, 2.05) is 24.8 Å². The van der Waals surface area contributed by atoms with E-state index >= 15 is 0 Å². The minimum Gasteiger partial charge on any atom is -0.496 e. The molecular weight excluding hydrogens is 412 g/mol. The Labute approximate surface area is 188 Å². The number of primary amides is 1. The summed E-state index contributed by atoms with van der Waals surface area (Å²) in [4.78, 5) is 37.9. The highest BCUT2D eigenvalue weighted by atomic mass is 16.5. The van der Waals surface area contributed by atoms with Gasteiger partial charge in [-0.05, 0) is 45.1 Å². The van der Waals surface area contributed by atoms with Crippen LogP contribution in [0, 0.1) is 12.8 Å². The number of allylic oxidation sites excluding steroid dienone is 2. The number of piperidine rings is 1. The molecule has 174 valence electrons. The number of nitrogens with two attached hydrogens (primary N) is 1. The molecule has 2 N–H and O–H groups in total. The lowest BCUT2D eigenvalue weighted by Gasteiger charge is -2.30. The van der Waals surface area contributed by atoms with Crippen molar-refractivity contribution in [3.8, 4) is 11.5 Å². The maximum Gasteiger partial charge on any atom is 0.342 e. The monoisotopic (exact) mass is 444 g/mol. The summed E-state index contributed by atoms with van der Waals surface area (Å²) in [5.41, 5.74) is 9.38. The largest absolute Gasteiger partial charge is 0.496 e. The zero-order valence-corrected chi connectivity index (χ0v) is 19.3. The van der Waals surface area contributed by atoms with E-state index in [0.29, 0.717) is 62.3 Å². The van der Waals surface area contributed by atoms with E-state index in [4.69, 9.17) is 19.9 Å². The van der Waals surface area contributed by atoms with E-state index in [-0.39, 0.29) is 30.3 Å². The lowest BCUT2D eigenvalue weighted by atomic mass is 9.94. The Kier molecular flexibility index (Phi) is 7.43. The highest BCUT2D eigenvalue weighted by molar-refractivity contribution is 5.98. The number of cyclic esters (lactones) is 1. The summed E-state index contributed by atoms with van der Waals surface area (Å²) in [7, 11) is 3.14. The minimum atomic E-state index is -0.379. The van der Waals surface area contributed by atoms with Gasteiger partial charge in [0.1, 0.15) is 23.7 Å². The van der Waals surface area contributed by atoms with Gasteiger partial charge in [0.25, 0.3) is 0 Å². The van der Waals surface area contributed by atoms with Crippen molar-refractivity contribution in [3.63, 3.8) is 0 Å². The molecule has 0 unspecified atom stereocenters. The summed E-state index contributed by atoms with van der Waals surface area (Å²) in [6.45, 7) is 5.28. The molecule has 1 saturated heterocycles. The van der Waals surface area contributed by atoms with Crippen LogP contribution in [0.1, 0.15) is 59.7 Å². The van der Waals surface area contributed by atoms with Crippen molar-refractivity contribution in [1.29, 1.82) is 0 Å². The molecule has 2 amide bonds. The maximum absolute atomic E-state index is 12.6. The van der Waals surface area contributed by atoms with Crippen LogP contribution in [0.2, 0.25) is 0 Å². The molecular formula is C24H32N2O6. The van der Waals surface area contributed by atoms with Crippen LogP contribution in [0.4, 0.5) is 0 Å². The third-order valence-electron chi connectivity index (χ3n) is 6.47. The van der Waals surface area contributed by atoms with Gasteiger partial charge in [-0.3, -0.25) is 9.59 Å². The zero-order chi connectivity index (χ0) is 23.4. The average Bonchev–Trinajstić information content (AvgIpc) is 3.18. The first kappa shape index (κ1) is 23.6. The number of carbonyl (C=O) groups excluding carboxylic acids is 3. The summed E-state index contributed by atoms with van der Waals surface area (Å²) in [5.74, 6) is 0.483. The first-order chi connectivity index (χ1) is 15.3. The van der Waals surface area contributed by atoms with Gasteiger partial charge in [-0.2, -0.15) is 0 Å². The molecule has 1 aromatic rings. The van der Waals surface area contributed by atoms with Gasteiger partial charge < -0.3 is 24.8 Å². The zero-order valence-electron chi connectivity index (χ0n) is 19.3. The number of hydrogen-bond donors (Lipinski definition) is 1.